The smallest absolute Gasteiger partial charge is 0.277 e. The van der Waals surface area contributed by atoms with Crippen molar-refractivity contribution in [3.8, 4) is 0 Å². The lowest BCUT2D eigenvalue weighted by atomic mass is 10.1. The van der Waals surface area contributed by atoms with E-state index in [0.29, 0.717) is 11.7 Å². The molecule has 1 aliphatic rings. The van der Waals surface area contributed by atoms with Crippen LogP contribution in [0.3, 0.4) is 0 Å². The van der Waals surface area contributed by atoms with Crippen LogP contribution in [0, 0.1) is 0 Å². The maximum absolute atomic E-state index is 12.4. The molecule has 2 aromatic heterocycles. The van der Waals surface area contributed by atoms with Crippen molar-refractivity contribution in [2.45, 2.75) is 28.9 Å². The highest BCUT2D eigenvalue weighted by Crippen LogP contribution is 2.27. The molecule has 0 bridgehead atoms. The number of aryl methyl sites for hydroxylation is 1. The highest BCUT2D eigenvalue weighted by Gasteiger charge is 2.18. The number of piperidine rings is 1. The normalized spacial score (nSPS) is 15.0. The highest BCUT2D eigenvalue weighted by atomic mass is 32.2. The Kier molecular flexibility index (Phi) is 5.21. The Morgan fingerprint density at radius 2 is 2.04 bits per heavy atom. The molecule has 3 aromatic rings. The van der Waals surface area contributed by atoms with E-state index in [-0.39, 0.29) is 5.91 Å². The summed E-state index contributed by atoms with van der Waals surface area (Å²) >= 11 is 1.57. The van der Waals surface area contributed by atoms with Gasteiger partial charge in [-0.05, 0) is 50.2 Å². The average molecular weight is 383 g/mol. The number of hydrogen-bond acceptors (Lipinski definition) is 6. The first-order chi connectivity index (χ1) is 13.2. The molecule has 2 N–H and O–H groups in total. The van der Waals surface area contributed by atoms with Crippen molar-refractivity contribution in [3.05, 3.63) is 48.5 Å². The molecule has 8 nitrogen and oxygen atoms in total. The summed E-state index contributed by atoms with van der Waals surface area (Å²) in [5, 5.41) is 15.3. The van der Waals surface area contributed by atoms with Crippen molar-refractivity contribution >= 4 is 23.4 Å². The van der Waals surface area contributed by atoms with Crippen LogP contribution < -0.4 is 10.6 Å². The fourth-order valence-corrected chi connectivity index (χ4v) is 3.79. The third-order valence-corrected chi connectivity index (χ3v) is 5.61. The molecule has 9 heteroatoms. The van der Waals surface area contributed by atoms with Crippen LogP contribution in [0.4, 0.5) is 5.69 Å². The van der Waals surface area contributed by atoms with Gasteiger partial charge in [-0.15, -0.1) is 5.10 Å². The van der Waals surface area contributed by atoms with Crippen LogP contribution in [0.2, 0.25) is 0 Å². The van der Waals surface area contributed by atoms with Gasteiger partial charge >= 0.3 is 0 Å². The standard InChI is InChI=1S/C18H21N7OS/c1-24-11-10-20-18(24)27-15-4-2-13(3-5-15)21-17(26)16-12-25(23-22-16)14-6-8-19-9-7-14/h2-5,10-12,14,19H,6-9H2,1H3,(H,21,26). The summed E-state index contributed by atoms with van der Waals surface area (Å²) in [6.45, 7) is 1.93. The molecular formula is C18H21N7OS. The molecule has 0 aliphatic carbocycles. The zero-order valence-electron chi connectivity index (χ0n) is 15.0. The molecule has 1 aromatic carbocycles. The Balaban J connectivity index is 1.38. The first-order valence-electron chi connectivity index (χ1n) is 8.88. The van der Waals surface area contributed by atoms with E-state index >= 15 is 0 Å². The van der Waals surface area contributed by atoms with Gasteiger partial charge in [-0.25, -0.2) is 9.67 Å². The Morgan fingerprint density at radius 3 is 2.74 bits per heavy atom. The lowest BCUT2D eigenvalue weighted by molar-refractivity contribution is 0.102. The lowest BCUT2D eigenvalue weighted by Gasteiger charge is -2.22. The summed E-state index contributed by atoms with van der Waals surface area (Å²) in [5.41, 5.74) is 1.06. The number of carbonyl (C=O) groups excluding carboxylic acids is 1. The first kappa shape index (κ1) is 17.7. The minimum Gasteiger partial charge on any atom is -0.329 e. The SMILES string of the molecule is Cn1ccnc1Sc1ccc(NC(=O)c2cn(C3CCNCC3)nn2)cc1. The van der Waals surface area contributed by atoms with Crippen LogP contribution in [0.25, 0.3) is 0 Å². The fourth-order valence-electron chi connectivity index (χ4n) is 2.99. The number of amides is 1. The third-order valence-electron chi connectivity index (χ3n) is 4.52. The number of carbonyl (C=O) groups is 1. The molecule has 27 heavy (non-hydrogen) atoms. The van der Waals surface area contributed by atoms with Crippen LogP contribution in [-0.4, -0.2) is 43.5 Å². The molecule has 0 spiro atoms. The van der Waals surface area contributed by atoms with Crippen molar-refractivity contribution in [3.63, 3.8) is 0 Å². The van der Waals surface area contributed by atoms with Gasteiger partial charge in [0, 0.05) is 30.0 Å². The quantitative estimate of drug-likeness (QED) is 0.703. The van der Waals surface area contributed by atoms with E-state index in [2.05, 4.69) is 25.9 Å². The van der Waals surface area contributed by atoms with E-state index in [0.717, 1.165) is 41.7 Å². The minimum absolute atomic E-state index is 0.250. The van der Waals surface area contributed by atoms with Crippen molar-refractivity contribution < 1.29 is 4.79 Å². The first-order valence-corrected chi connectivity index (χ1v) is 9.70. The minimum atomic E-state index is -0.250. The molecule has 1 fully saturated rings. The Labute approximate surface area is 161 Å². The van der Waals surface area contributed by atoms with Crippen molar-refractivity contribution in [1.82, 2.24) is 29.9 Å². The van der Waals surface area contributed by atoms with E-state index in [1.165, 1.54) is 0 Å². The van der Waals surface area contributed by atoms with Gasteiger partial charge in [-0.1, -0.05) is 17.0 Å². The number of aromatic nitrogens is 5. The van der Waals surface area contributed by atoms with E-state index in [9.17, 15) is 4.79 Å². The number of nitrogens with one attached hydrogen (secondary N) is 2. The summed E-state index contributed by atoms with van der Waals surface area (Å²) in [6, 6.07) is 7.98. The predicted molar refractivity (Wildman–Crippen MR) is 103 cm³/mol. The Hall–Kier alpha value is -2.65. The molecule has 140 valence electrons. The van der Waals surface area contributed by atoms with Crippen LogP contribution in [0.1, 0.15) is 29.4 Å². The lowest BCUT2D eigenvalue weighted by Crippen LogP contribution is -2.29. The van der Waals surface area contributed by atoms with E-state index in [4.69, 9.17) is 0 Å². The van der Waals surface area contributed by atoms with E-state index in [1.807, 2.05) is 46.8 Å². The summed E-state index contributed by atoms with van der Waals surface area (Å²) in [7, 11) is 1.96. The number of nitrogens with zero attached hydrogens (tertiary/aromatic N) is 5. The van der Waals surface area contributed by atoms with Gasteiger partial charge in [0.2, 0.25) is 0 Å². The van der Waals surface area contributed by atoms with E-state index < -0.39 is 0 Å². The number of benzene rings is 1. The second-order valence-corrected chi connectivity index (χ2v) is 7.51. The van der Waals surface area contributed by atoms with Gasteiger partial charge < -0.3 is 15.2 Å². The predicted octanol–water partition coefficient (Wildman–Crippen LogP) is 2.34. The van der Waals surface area contributed by atoms with Gasteiger partial charge in [-0.3, -0.25) is 4.79 Å². The van der Waals surface area contributed by atoms with Crippen molar-refractivity contribution in [1.29, 1.82) is 0 Å². The molecule has 1 amide bonds. The second-order valence-electron chi connectivity index (χ2n) is 6.47. The topological polar surface area (TPSA) is 89.7 Å². The second kappa shape index (κ2) is 7.93. The summed E-state index contributed by atoms with van der Waals surface area (Å²) in [5.74, 6) is -0.250. The van der Waals surface area contributed by atoms with Gasteiger partial charge in [0.05, 0.1) is 12.2 Å². The van der Waals surface area contributed by atoms with Crippen LogP contribution >= 0.6 is 11.8 Å². The highest BCUT2D eigenvalue weighted by molar-refractivity contribution is 7.99. The molecule has 0 radical (unpaired) electrons. The van der Waals surface area contributed by atoms with Gasteiger partial charge in [0.25, 0.3) is 5.91 Å². The monoisotopic (exact) mass is 383 g/mol. The zero-order chi connectivity index (χ0) is 18.6. The maximum atomic E-state index is 12.4. The maximum Gasteiger partial charge on any atom is 0.277 e. The Morgan fingerprint density at radius 1 is 1.26 bits per heavy atom. The van der Waals surface area contributed by atoms with Crippen molar-refractivity contribution in [2.24, 2.45) is 7.05 Å². The zero-order valence-corrected chi connectivity index (χ0v) is 15.8. The largest absolute Gasteiger partial charge is 0.329 e. The van der Waals surface area contributed by atoms with Gasteiger partial charge in [0.15, 0.2) is 10.9 Å². The van der Waals surface area contributed by atoms with Gasteiger partial charge in [-0.2, -0.15) is 0 Å². The Bertz CT molecular complexity index is 912. The van der Waals surface area contributed by atoms with Crippen LogP contribution in [-0.2, 0) is 7.05 Å². The molecule has 0 unspecified atom stereocenters. The summed E-state index contributed by atoms with van der Waals surface area (Å²) in [4.78, 5) is 17.8. The number of hydrogen-bond donors (Lipinski definition) is 2. The number of imidazole rings is 1. The van der Waals surface area contributed by atoms with Crippen LogP contribution in [0.15, 0.2) is 52.9 Å². The molecule has 0 saturated carbocycles. The van der Waals surface area contributed by atoms with Crippen molar-refractivity contribution in [2.75, 3.05) is 18.4 Å². The molecule has 1 saturated heterocycles. The van der Waals surface area contributed by atoms with E-state index in [1.54, 1.807) is 24.2 Å². The fraction of sp³-hybridized carbons (Fsp3) is 0.333. The average Bonchev–Trinajstić information content (AvgIpc) is 3.34. The third kappa shape index (κ3) is 4.20. The summed E-state index contributed by atoms with van der Waals surface area (Å²) in [6.07, 6.45) is 7.41. The summed E-state index contributed by atoms with van der Waals surface area (Å²) < 4.78 is 3.77. The molecule has 1 aliphatic heterocycles. The van der Waals surface area contributed by atoms with Gasteiger partial charge in [0.1, 0.15) is 0 Å². The number of anilines is 1. The molecule has 4 rings (SSSR count). The number of rotatable bonds is 5. The molecule has 3 heterocycles. The van der Waals surface area contributed by atoms with Crippen LogP contribution in [0.5, 0.6) is 0 Å². The molecular weight excluding hydrogens is 362 g/mol. The molecule has 0 atom stereocenters.